The van der Waals surface area contributed by atoms with Crippen molar-refractivity contribution in [1.29, 1.82) is 0 Å². The number of thiophene rings is 1. The van der Waals surface area contributed by atoms with Crippen molar-refractivity contribution < 1.29 is 13.2 Å². The van der Waals surface area contributed by atoms with Crippen LogP contribution in [-0.4, -0.2) is 13.0 Å². The van der Waals surface area contributed by atoms with Crippen molar-refractivity contribution in [1.82, 2.24) is 10.6 Å². The van der Waals surface area contributed by atoms with E-state index in [0.29, 0.717) is 18.1 Å². The van der Waals surface area contributed by atoms with Gasteiger partial charge in [-0.1, -0.05) is 18.2 Å². The summed E-state index contributed by atoms with van der Waals surface area (Å²) in [5.74, 6) is 0.547. The second-order valence-electron chi connectivity index (χ2n) is 4.56. The summed E-state index contributed by atoms with van der Waals surface area (Å²) in [6.45, 7) is 0.897. The van der Waals surface area contributed by atoms with Gasteiger partial charge < -0.3 is 10.6 Å². The number of hydrogen-bond acceptors (Lipinski definition) is 2. The van der Waals surface area contributed by atoms with Crippen LogP contribution in [0, 0.1) is 0 Å². The van der Waals surface area contributed by atoms with E-state index in [2.05, 4.69) is 15.6 Å². The second-order valence-corrected chi connectivity index (χ2v) is 5.59. The maximum absolute atomic E-state index is 12.7. The number of benzene rings is 1. The molecule has 0 fully saturated rings. The maximum Gasteiger partial charge on any atom is 0.416 e. The van der Waals surface area contributed by atoms with Gasteiger partial charge in [-0.05, 0) is 29.1 Å². The molecule has 1 heterocycles. The first-order chi connectivity index (χ1) is 10.5. The summed E-state index contributed by atoms with van der Waals surface area (Å²) in [4.78, 5) is 5.21. The molecule has 0 aliphatic rings. The number of hydrogen-bond donors (Lipinski definition) is 2. The first-order valence-electron chi connectivity index (χ1n) is 6.62. The predicted octanol–water partition coefficient (Wildman–Crippen LogP) is 4.25. The lowest BCUT2D eigenvalue weighted by Gasteiger charge is -2.12. The van der Waals surface area contributed by atoms with Gasteiger partial charge in [0.05, 0.1) is 12.1 Å². The average molecular weight is 455 g/mol. The molecule has 0 amide bonds. The lowest BCUT2D eigenvalue weighted by molar-refractivity contribution is -0.137. The van der Waals surface area contributed by atoms with Crippen LogP contribution in [0.2, 0.25) is 0 Å². The first kappa shape index (κ1) is 19.8. The van der Waals surface area contributed by atoms with E-state index in [4.69, 9.17) is 0 Å². The van der Waals surface area contributed by atoms with Crippen LogP contribution in [0.1, 0.15) is 16.0 Å². The molecule has 2 aromatic rings. The highest BCUT2D eigenvalue weighted by atomic mass is 127. The van der Waals surface area contributed by atoms with Gasteiger partial charge in [-0.3, -0.25) is 4.99 Å². The van der Waals surface area contributed by atoms with Gasteiger partial charge in [0, 0.05) is 18.5 Å². The van der Waals surface area contributed by atoms with Gasteiger partial charge in [0.25, 0.3) is 0 Å². The number of nitrogens with one attached hydrogen (secondary N) is 2. The number of aliphatic imine (C=N–C) groups is 1. The SMILES string of the molecule is CN=C(NCc1cccc(C(F)(F)F)c1)NCc1cccs1.I. The van der Waals surface area contributed by atoms with E-state index < -0.39 is 11.7 Å². The minimum Gasteiger partial charge on any atom is -0.352 e. The van der Waals surface area contributed by atoms with Crippen molar-refractivity contribution >= 4 is 41.3 Å². The minimum absolute atomic E-state index is 0. The molecule has 1 aromatic heterocycles. The number of rotatable bonds is 4. The van der Waals surface area contributed by atoms with E-state index in [9.17, 15) is 13.2 Å². The molecule has 0 spiro atoms. The Morgan fingerprint density at radius 3 is 2.48 bits per heavy atom. The molecule has 0 saturated carbocycles. The van der Waals surface area contributed by atoms with Crippen molar-refractivity contribution in [3.63, 3.8) is 0 Å². The van der Waals surface area contributed by atoms with Crippen LogP contribution in [0.15, 0.2) is 46.8 Å². The fraction of sp³-hybridized carbons (Fsp3) is 0.267. The summed E-state index contributed by atoms with van der Waals surface area (Å²) in [5, 5.41) is 8.10. The Morgan fingerprint density at radius 2 is 1.87 bits per heavy atom. The standard InChI is InChI=1S/C15H16F3N3S.HI/c1-19-14(21-10-13-6-3-7-22-13)20-9-11-4-2-5-12(8-11)15(16,17)18;/h2-8H,9-10H2,1H3,(H2,19,20,21);1H. The van der Waals surface area contributed by atoms with Crippen LogP contribution >= 0.6 is 35.3 Å². The second kappa shape index (κ2) is 9.11. The Morgan fingerprint density at radius 1 is 1.13 bits per heavy atom. The highest BCUT2D eigenvalue weighted by Crippen LogP contribution is 2.29. The molecule has 1 aromatic carbocycles. The van der Waals surface area contributed by atoms with E-state index in [1.54, 1.807) is 24.5 Å². The van der Waals surface area contributed by atoms with Gasteiger partial charge in [0.2, 0.25) is 0 Å². The molecule has 0 aliphatic heterocycles. The van der Waals surface area contributed by atoms with Crippen molar-refractivity contribution in [2.75, 3.05) is 7.05 Å². The van der Waals surface area contributed by atoms with Crippen LogP contribution < -0.4 is 10.6 Å². The van der Waals surface area contributed by atoms with Crippen molar-refractivity contribution in [2.45, 2.75) is 19.3 Å². The summed E-state index contributed by atoms with van der Waals surface area (Å²) in [7, 11) is 1.62. The Hall–Kier alpha value is -1.29. The fourth-order valence-electron chi connectivity index (χ4n) is 1.85. The maximum atomic E-state index is 12.7. The summed E-state index contributed by atoms with van der Waals surface area (Å²) in [6.07, 6.45) is -4.32. The Bertz CT molecular complexity index is 627. The van der Waals surface area contributed by atoms with Crippen molar-refractivity contribution in [3.05, 3.63) is 57.8 Å². The number of nitrogens with zero attached hydrogens (tertiary/aromatic N) is 1. The molecule has 8 heteroatoms. The topological polar surface area (TPSA) is 36.4 Å². The van der Waals surface area contributed by atoms with Crippen LogP contribution in [0.3, 0.4) is 0 Å². The molecule has 2 rings (SSSR count). The first-order valence-corrected chi connectivity index (χ1v) is 7.50. The molecule has 2 N–H and O–H groups in total. The molecule has 0 bridgehead atoms. The van der Waals surface area contributed by atoms with Crippen LogP contribution in [0.5, 0.6) is 0 Å². The van der Waals surface area contributed by atoms with E-state index in [0.717, 1.165) is 17.0 Å². The molecule has 0 unspecified atom stereocenters. The van der Waals surface area contributed by atoms with E-state index in [-0.39, 0.29) is 30.5 Å². The van der Waals surface area contributed by atoms with E-state index in [1.807, 2.05) is 17.5 Å². The van der Waals surface area contributed by atoms with Crippen LogP contribution in [0.4, 0.5) is 13.2 Å². The minimum atomic E-state index is -4.32. The zero-order chi connectivity index (χ0) is 16.0. The van der Waals surface area contributed by atoms with Gasteiger partial charge in [-0.15, -0.1) is 35.3 Å². The lowest BCUT2D eigenvalue weighted by atomic mass is 10.1. The highest BCUT2D eigenvalue weighted by molar-refractivity contribution is 14.0. The largest absolute Gasteiger partial charge is 0.416 e. The molecule has 0 atom stereocenters. The molecule has 126 valence electrons. The molecule has 3 nitrogen and oxygen atoms in total. The normalized spacial score (nSPS) is 11.7. The Balaban J connectivity index is 0.00000264. The van der Waals surface area contributed by atoms with Gasteiger partial charge in [-0.25, -0.2) is 0 Å². The van der Waals surface area contributed by atoms with Gasteiger partial charge >= 0.3 is 6.18 Å². The van der Waals surface area contributed by atoms with Crippen molar-refractivity contribution in [3.8, 4) is 0 Å². The van der Waals surface area contributed by atoms with Gasteiger partial charge in [0.1, 0.15) is 0 Å². The van der Waals surface area contributed by atoms with Gasteiger partial charge in [0.15, 0.2) is 5.96 Å². The number of alkyl halides is 3. The monoisotopic (exact) mass is 455 g/mol. The highest BCUT2D eigenvalue weighted by Gasteiger charge is 2.30. The molecule has 23 heavy (non-hydrogen) atoms. The smallest absolute Gasteiger partial charge is 0.352 e. The molecule has 0 aliphatic carbocycles. The van der Waals surface area contributed by atoms with E-state index in [1.165, 1.54) is 6.07 Å². The van der Waals surface area contributed by atoms with Crippen molar-refractivity contribution in [2.24, 2.45) is 4.99 Å². The third kappa shape index (κ3) is 6.38. The zero-order valence-electron chi connectivity index (χ0n) is 12.4. The van der Waals surface area contributed by atoms with E-state index >= 15 is 0 Å². The van der Waals surface area contributed by atoms with Crippen LogP contribution in [-0.2, 0) is 19.3 Å². The van der Waals surface area contributed by atoms with Crippen LogP contribution in [0.25, 0.3) is 0 Å². The predicted molar refractivity (Wildman–Crippen MR) is 98.2 cm³/mol. The Labute approximate surface area is 154 Å². The molecular weight excluding hydrogens is 438 g/mol. The number of guanidine groups is 1. The summed E-state index contributed by atoms with van der Waals surface area (Å²) >= 11 is 1.62. The number of halogens is 4. The molecule has 0 saturated heterocycles. The Kier molecular flexibility index (Phi) is 7.83. The quantitative estimate of drug-likeness (QED) is 0.411. The summed E-state index contributed by atoms with van der Waals surface area (Å²) in [5.41, 5.74) is -0.0952. The summed E-state index contributed by atoms with van der Waals surface area (Å²) < 4.78 is 38.0. The third-order valence-corrected chi connectivity index (χ3v) is 3.82. The zero-order valence-corrected chi connectivity index (χ0v) is 15.5. The fourth-order valence-corrected chi connectivity index (χ4v) is 2.49. The molecular formula is C15H17F3IN3S. The molecule has 0 radical (unpaired) electrons. The summed E-state index contributed by atoms with van der Waals surface area (Å²) in [6, 6.07) is 9.21. The van der Waals surface area contributed by atoms with Gasteiger partial charge in [-0.2, -0.15) is 13.2 Å². The lowest BCUT2D eigenvalue weighted by Crippen LogP contribution is -2.36. The third-order valence-electron chi connectivity index (χ3n) is 2.95. The average Bonchev–Trinajstić information content (AvgIpc) is 3.00.